The Morgan fingerprint density at radius 3 is 2.32 bits per heavy atom. The molecule has 1 saturated heterocycles. The molecule has 37 heavy (non-hydrogen) atoms. The fourth-order valence-corrected chi connectivity index (χ4v) is 3.85. The van der Waals surface area contributed by atoms with Crippen molar-refractivity contribution in [2.24, 2.45) is 11.0 Å². The summed E-state index contributed by atoms with van der Waals surface area (Å²) in [6, 6.07) is 19.0. The number of carbonyl (C=O) groups excluding carboxylic acids is 5. The van der Waals surface area contributed by atoms with E-state index in [4.69, 9.17) is 0 Å². The minimum absolute atomic E-state index is 0.237. The molecule has 1 aliphatic rings. The third-order valence-electron chi connectivity index (χ3n) is 5.36. The van der Waals surface area contributed by atoms with Crippen LogP contribution in [-0.2, 0) is 9.59 Å². The summed E-state index contributed by atoms with van der Waals surface area (Å²) in [6.07, 6.45) is 0.970. The van der Waals surface area contributed by atoms with E-state index in [2.05, 4.69) is 43.8 Å². The number of amides is 6. The highest BCUT2D eigenvalue weighted by Gasteiger charge is 2.40. The lowest BCUT2D eigenvalue weighted by atomic mass is 10.1. The summed E-state index contributed by atoms with van der Waals surface area (Å²) in [5, 5.41) is 8.62. The van der Waals surface area contributed by atoms with Crippen LogP contribution in [0.25, 0.3) is 0 Å². The summed E-state index contributed by atoms with van der Waals surface area (Å²) >= 11 is 2.09. The van der Waals surface area contributed by atoms with Crippen LogP contribution in [0.5, 0.6) is 0 Å². The van der Waals surface area contributed by atoms with Crippen molar-refractivity contribution in [1.29, 1.82) is 0 Å². The molecule has 4 rings (SSSR count). The number of carbonyl (C=O) groups is 5. The maximum atomic E-state index is 12.8. The molecule has 1 heterocycles. The Morgan fingerprint density at radius 2 is 1.65 bits per heavy atom. The first kappa shape index (κ1) is 25.7. The number of aryl methyl sites for hydroxylation is 1. The van der Waals surface area contributed by atoms with Crippen molar-refractivity contribution < 1.29 is 24.0 Å². The molecule has 0 aliphatic carbocycles. The van der Waals surface area contributed by atoms with Gasteiger partial charge in [0.05, 0.1) is 5.69 Å². The highest BCUT2D eigenvalue weighted by Crippen LogP contribution is 2.21. The van der Waals surface area contributed by atoms with Crippen LogP contribution in [0.3, 0.4) is 0 Å². The van der Waals surface area contributed by atoms with Crippen molar-refractivity contribution in [3.63, 3.8) is 0 Å². The van der Waals surface area contributed by atoms with E-state index in [9.17, 15) is 24.0 Å². The molecule has 1 aliphatic heterocycles. The number of hydrazone groups is 1. The van der Waals surface area contributed by atoms with Gasteiger partial charge in [0.1, 0.15) is 0 Å². The Kier molecular flexibility index (Phi) is 7.72. The lowest BCUT2D eigenvalue weighted by Gasteiger charge is -2.28. The van der Waals surface area contributed by atoms with Crippen molar-refractivity contribution >= 4 is 69.8 Å². The van der Waals surface area contributed by atoms with Crippen molar-refractivity contribution in [3.05, 3.63) is 93.1 Å². The number of hydrogen-bond acceptors (Lipinski definition) is 6. The first-order chi connectivity index (χ1) is 17.7. The van der Waals surface area contributed by atoms with E-state index in [0.717, 1.165) is 20.2 Å². The minimum Gasteiger partial charge on any atom is -0.322 e. The molecule has 11 heteroatoms. The third-order valence-corrected chi connectivity index (χ3v) is 6.08. The van der Waals surface area contributed by atoms with Crippen LogP contribution >= 0.6 is 22.6 Å². The van der Waals surface area contributed by atoms with Crippen LogP contribution in [-0.4, -0.2) is 35.9 Å². The molecule has 0 aromatic heterocycles. The Morgan fingerprint density at radius 1 is 0.946 bits per heavy atom. The first-order valence-electron chi connectivity index (χ1n) is 11.0. The quantitative estimate of drug-likeness (QED) is 0.170. The number of rotatable bonds is 6. The summed E-state index contributed by atoms with van der Waals surface area (Å²) < 4.78 is 0.907. The van der Waals surface area contributed by atoms with Crippen molar-refractivity contribution in [2.75, 3.05) is 10.2 Å². The lowest BCUT2D eigenvalue weighted by Crippen LogP contribution is -2.58. The van der Waals surface area contributed by atoms with Crippen LogP contribution in [0.15, 0.2) is 77.9 Å². The standard InChI is InChI=1S/C26H20IN5O5/c1-15-3-2-4-17(13-15)22(33)29-19-9-5-16(6-10-19)23(34)31-28-14-21-24(35)30-26(37)32(25(21)36)20-11-7-18(27)8-12-20/h2-14,21H,1H3,(H,29,33)(H,31,34)(H,30,35,37)/b28-14-/t21-/m0/s1. The van der Waals surface area contributed by atoms with Crippen LogP contribution < -0.4 is 21.0 Å². The van der Waals surface area contributed by atoms with Gasteiger partial charge < -0.3 is 5.32 Å². The van der Waals surface area contributed by atoms with Gasteiger partial charge in [-0.15, -0.1) is 0 Å². The minimum atomic E-state index is -1.41. The van der Waals surface area contributed by atoms with E-state index in [0.29, 0.717) is 16.9 Å². The number of imide groups is 2. The number of anilines is 2. The number of benzene rings is 3. The topological polar surface area (TPSA) is 137 Å². The van der Waals surface area contributed by atoms with E-state index in [1.165, 1.54) is 12.1 Å². The van der Waals surface area contributed by atoms with Gasteiger partial charge in [-0.2, -0.15) is 5.10 Å². The first-order valence-corrected chi connectivity index (χ1v) is 12.1. The predicted molar refractivity (Wildman–Crippen MR) is 145 cm³/mol. The van der Waals surface area contributed by atoms with Gasteiger partial charge in [-0.3, -0.25) is 24.5 Å². The molecular weight excluding hydrogens is 589 g/mol. The van der Waals surface area contributed by atoms with Crippen molar-refractivity contribution in [3.8, 4) is 0 Å². The zero-order valence-electron chi connectivity index (χ0n) is 19.4. The van der Waals surface area contributed by atoms with Gasteiger partial charge >= 0.3 is 6.03 Å². The highest BCUT2D eigenvalue weighted by molar-refractivity contribution is 14.1. The lowest BCUT2D eigenvalue weighted by molar-refractivity contribution is -0.131. The number of nitrogens with one attached hydrogen (secondary N) is 3. The Hall–Kier alpha value is -4.39. The monoisotopic (exact) mass is 609 g/mol. The molecule has 6 amide bonds. The van der Waals surface area contributed by atoms with Crippen molar-refractivity contribution in [2.45, 2.75) is 6.92 Å². The van der Waals surface area contributed by atoms with Crippen LogP contribution in [0.4, 0.5) is 16.2 Å². The normalized spacial score (nSPS) is 15.5. The second-order valence-corrected chi connectivity index (χ2v) is 9.29. The fourth-order valence-electron chi connectivity index (χ4n) is 3.49. The van der Waals surface area contributed by atoms with Gasteiger partial charge in [0.25, 0.3) is 17.7 Å². The molecule has 186 valence electrons. The summed E-state index contributed by atoms with van der Waals surface area (Å²) in [4.78, 5) is 63.0. The average molecular weight is 609 g/mol. The molecule has 0 radical (unpaired) electrons. The number of hydrogen-bond donors (Lipinski definition) is 3. The Balaban J connectivity index is 1.38. The number of urea groups is 1. The molecule has 3 aromatic carbocycles. The third kappa shape index (κ3) is 6.06. The van der Waals surface area contributed by atoms with E-state index in [-0.39, 0.29) is 11.5 Å². The number of nitrogens with zero attached hydrogens (tertiary/aromatic N) is 2. The smallest absolute Gasteiger partial charge is 0.322 e. The van der Waals surface area contributed by atoms with Gasteiger partial charge in [0, 0.05) is 26.6 Å². The molecule has 1 fully saturated rings. The molecule has 3 N–H and O–H groups in total. The second kappa shape index (κ2) is 11.1. The summed E-state index contributed by atoms with van der Waals surface area (Å²) in [5.41, 5.74) is 4.77. The SMILES string of the molecule is Cc1cccc(C(=O)Nc2ccc(C(=O)N/N=C\[C@H]3C(=O)NC(=O)N(c4ccc(I)cc4)C3=O)cc2)c1. The molecule has 0 unspecified atom stereocenters. The van der Waals surface area contributed by atoms with Gasteiger partial charge in [-0.25, -0.2) is 15.1 Å². The Labute approximate surface area is 225 Å². The largest absolute Gasteiger partial charge is 0.335 e. The van der Waals surface area contributed by atoms with E-state index in [1.807, 2.05) is 13.0 Å². The van der Waals surface area contributed by atoms with E-state index < -0.39 is 29.7 Å². The van der Waals surface area contributed by atoms with Crippen molar-refractivity contribution in [1.82, 2.24) is 10.7 Å². The molecule has 10 nitrogen and oxygen atoms in total. The number of barbiturate groups is 1. The molecular formula is C26H20IN5O5. The van der Waals surface area contributed by atoms with Gasteiger partial charge in [-0.1, -0.05) is 17.7 Å². The molecule has 0 bridgehead atoms. The highest BCUT2D eigenvalue weighted by atomic mass is 127. The average Bonchev–Trinajstić information content (AvgIpc) is 2.87. The van der Waals surface area contributed by atoms with Gasteiger partial charge in [-0.05, 0) is 90.2 Å². The summed E-state index contributed by atoms with van der Waals surface area (Å²) in [7, 11) is 0. The van der Waals surface area contributed by atoms with Gasteiger partial charge in [0.15, 0.2) is 5.92 Å². The summed E-state index contributed by atoms with van der Waals surface area (Å²) in [6.45, 7) is 1.89. The van der Waals surface area contributed by atoms with Crippen LogP contribution in [0, 0.1) is 16.4 Å². The van der Waals surface area contributed by atoms with Gasteiger partial charge in [0.2, 0.25) is 5.91 Å². The van der Waals surface area contributed by atoms with Crippen LogP contribution in [0.2, 0.25) is 0 Å². The summed E-state index contributed by atoms with van der Waals surface area (Å²) in [5.74, 6) is -3.91. The molecule has 3 aromatic rings. The fraction of sp³-hybridized carbons (Fsp3) is 0.0769. The molecule has 0 saturated carbocycles. The molecule has 1 atom stereocenters. The Bertz CT molecular complexity index is 1420. The predicted octanol–water partition coefficient (Wildman–Crippen LogP) is 3.47. The van der Waals surface area contributed by atoms with E-state index >= 15 is 0 Å². The maximum absolute atomic E-state index is 12.8. The van der Waals surface area contributed by atoms with E-state index in [1.54, 1.807) is 54.6 Å². The zero-order chi connectivity index (χ0) is 26.5. The second-order valence-electron chi connectivity index (χ2n) is 8.04. The van der Waals surface area contributed by atoms with Crippen LogP contribution in [0.1, 0.15) is 26.3 Å². The zero-order valence-corrected chi connectivity index (χ0v) is 21.6. The molecule has 0 spiro atoms. The maximum Gasteiger partial charge on any atom is 0.335 e. The number of halogens is 1.